The average Bonchev–Trinajstić information content (AvgIpc) is 2.33. The lowest BCUT2D eigenvalue weighted by Crippen LogP contribution is -2.03. The molecular weight excluding hydrogens is 251 g/mol. The van der Waals surface area contributed by atoms with Crippen molar-refractivity contribution >= 4 is 11.6 Å². The van der Waals surface area contributed by atoms with E-state index in [1.54, 1.807) is 12.1 Å². The molecule has 3 heteroatoms. The van der Waals surface area contributed by atoms with Crippen molar-refractivity contribution in [2.45, 2.75) is 20.0 Å². The molecule has 1 atom stereocenters. The van der Waals surface area contributed by atoms with Gasteiger partial charge in [0.05, 0.1) is 0 Å². The normalized spacial score (nSPS) is 12.5. The molecule has 18 heavy (non-hydrogen) atoms. The summed E-state index contributed by atoms with van der Waals surface area (Å²) in [6, 6.07) is 9.65. The summed E-state index contributed by atoms with van der Waals surface area (Å²) in [6.07, 6.45) is -0.836. The van der Waals surface area contributed by atoms with Crippen LogP contribution in [0.5, 0.6) is 0 Å². The molecule has 0 radical (unpaired) electrons. The Kier molecular flexibility index (Phi) is 3.69. The monoisotopic (exact) mass is 264 g/mol. The number of aliphatic hydroxyl groups is 1. The first-order chi connectivity index (χ1) is 8.49. The van der Waals surface area contributed by atoms with Crippen LogP contribution >= 0.6 is 11.6 Å². The van der Waals surface area contributed by atoms with Gasteiger partial charge in [-0.15, -0.1) is 0 Å². The third-order valence-corrected chi connectivity index (χ3v) is 3.41. The molecule has 1 nitrogen and oxygen atoms in total. The van der Waals surface area contributed by atoms with Gasteiger partial charge >= 0.3 is 0 Å². The molecule has 0 spiro atoms. The molecule has 0 heterocycles. The highest BCUT2D eigenvalue weighted by molar-refractivity contribution is 6.31. The second-order valence-corrected chi connectivity index (χ2v) is 4.82. The van der Waals surface area contributed by atoms with Crippen LogP contribution in [0.1, 0.15) is 28.4 Å². The number of hydrogen-bond donors (Lipinski definition) is 1. The van der Waals surface area contributed by atoms with Crippen molar-refractivity contribution in [3.05, 3.63) is 69.5 Å². The first-order valence-electron chi connectivity index (χ1n) is 5.69. The molecule has 0 aliphatic carbocycles. The lowest BCUT2D eigenvalue weighted by Gasteiger charge is -2.16. The van der Waals surface area contributed by atoms with E-state index in [1.807, 2.05) is 26.0 Å². The maximum absolute atomic E-state index is 13.2. The van der Waals surface area contributed by atoms with Gasteiger partial charge in [0.2, 0.25) is 0 Å². The van der Waals surface area contributed by atoms with E-state index < -0.39 is 6.10 Å². The SMILES string of the molecule is Cc1cc(C(O)c2cccc(F)c2)c(C)cc1Cl. The number of benzene rings is 2. The molecule has 1 N–H and O–H groups in total. The Morgan fingerprint density at radius 2 is 1.83 bits per heavy atom. The highest BCUT2D eigenvalue weighted by atomic mass is 35.5. The topological polar surface area (TPSA) is 20.2 Å². The van der Waals surface area contributed by atoms with Gasteiger partial charge in [-0.25, -0.2) is 4.39 Å². The Labute approximate surface area is 111 Å². The van der Waals surface area contributed by atoms with Gasteiger partial charge in [0.25, 0.3) is 0 Å². The van der Waals surface area contributed by atoms with Gasteiger partial charge in [-0.2, -0.15) is 0 Å². The lowest BCUT2D eigenvalue weighted by molar-refractivity contribution is 0.219. The van der Waals surface area contributed by atoms with Gasteiger partial charge in [0.1, 0.15) is 11.9 Å². The first kappa shape index (κ1) is 13.1. The van der Waals surface area contributed by atoms with Gasteiger partial charge in [0.15, 0.2) is 0 Å². The molecule has 1 unspecified atom stereocenters. The zero-order valence-electron chi connectivity index (χ0n) is 10.2. The maximum Gasteiger partial charge on any atom is 0.123 e. The van der Waals surface area contributed by atoms with Gasteiger partial charge < -0.3 is 5.11 Å². The standard InChI is InChI=1S/C15H14ClFO/c1-9-7-14(16)10(2)6-13(9)15(18)11-4-3-5-12(17)8-11/h3-8,15,18H,1-2H3. The fraction of sp³-hybridized carbons (Fsp3) is 0.200. The third kappa shape index (κ3) is 2.55. The first-order valence-corrected chi connectivity index (χ1v) is 6.07. The molecule has 2 aromatic carbocycles. The average molecular weight is 265 g/mol. The van der Waals surface area contributed by atoms with E-state index in [0.29, 0.717) is 10.6 Å². The van der Waals surface area contributed by atoms with Crippen molar-refractivity contribution < 1.29 is 9.50 Å². The number of halogens is 2. The Balaban J connectivity index is 2.46. The van der Waals surface area contributed by atoms with Crippen molar-refractivity contribution in [1.29, 1.82) is 0 Å². The fourth-order valence-electron chi connectivity index (χ4n) is 1.95. The quantitative estimate of drug-likeness (QED) is 0.863. The second-order valence-electron chi connectivity index (χ2n) is 4.42. The summed E-state index contributed by atoms with van der Waals surface area (Å²) in [5, 5.41) is 11.0. The molecule has 0 fully saturated rings. The summed E-state index contributed by atoms with van der Waals surface area (Å²) < 4.78 is 13.2. The van der Waals surface area contributed by atoms with E-state index in [2.05, 4.69) is 0 Å². The molecule has 2 aromatic rings. The van der Waals surface area contributed by atoms with Crippen LogP contribution in [0.4, 0.5) is 4.39 Å². The van der Waals surface area contributed by atoms with E-state index in [4.69, 9.17) is 11.6 Å². The Morgan fingerprint density at radius 3 is 2.50 bits per heavy atom. The van der Waals surface area contributed by atoms with Crippen molar-refractivity contribution in [3.63, 3.8) is 0 Å². The molecule has 94 valence electrons. The minimum absolute atomic E-state index is 0.352. The van der Waals surface area contributed by atoms with E-state index in [1.165, 1.54) is 12.1 Å². The minimum atomic E-state index is -0.836. The van der Waals surface area contributed by atoms with E-state index in [-0.39, 0.29) is 5.82 Å². The largest absolute Gasteiger partial charge is 0.384 e. The highest BCUT2D eigenvalue weighted by Gasteiger charge is 2.14. The molecule has 0 saturated heterocycles. The second kappa shape index (κ2) is 5.09. The molecule has 0 saturated carbocycles. The van der Waals surface area contributed by atoms with Crippen LogP contribution in [-0.4, -0.2) is 5.11 Å². The smallest absolute Gasteiger partial charge is 0.123 e. The van der Waals surface area contributed by atoms with Crippen LogP contribution in [0.15, 0.2) is 36.4 Å². The van der Waals surface area contributed by atoms with Crippen molar-refractivity contribution in [2.24, 2.45) is 0 Å². The molecule has 0 aromatic heterocycles. The number of hydrogen-bond acceptors (Lipinski definition) is 1. The zero-order valence-corrected chi connectivity index (χ0v) is 11.0. The van der Waals surface area contributed by atoms with Gasteiger partial charge in [0, 0.05) is 5.02 Å². The van der Waals surface area contributed by atoms with Gasteiger partial charge in [-0.1, -0.05) is 29.8 Å². The van der Waals surface area contributed by atoms with Crippen LogP contribution in [0.3, 0.4) is 0 Å². The van der Waals surface area contributed by atoms with Crippen LogP contribution in [-0.2, 0) is 0 Å². The fourth-order valence-corrected chi connectivity index (χ4v) is 2.17. The predicted octanol–water partition coefficient (Wildman–Crippen LogP) is 4.18. The molecular formula is C15H14ClFO. The van der Waals surface area contributed by atoms with Crippen molar-refractivity contribution in [2.75, 3.05) is 0 Å². The van der Waals surface area contributed by atoms with Gasteiger partial charge in [-0.3, -0.25) is 0 Å². The summed E-state index contributed by atoms with van der Waals surface area (Å²) in [4.78, 5) is 0. The lowest BCUT2D eigenvalue weighted by atomic mass is 9.96. The highest BCUT2D eigenvalue weighted by Crippen LogP contribution is 2.29. The Bertz CT molecular complexity index is 581. The zero-order chi connectivity index (χ0) is 13.3. The van der Waals surface area contributed by atoms with E-state index in [9.17, 15) is 9.50 Å². The summed E-state index contributed by atoms with van der Waals surface area (Å²) in [5.41, 5.74) is 3.08. The number of aliphatic hydroxyl groups excluding tert-OH is 1. The van der Waals surface area contributed by atoms with Crippen molar-refractivity contribution in [1.82, 2.24) is 0 Å². The van der Waals surface area contributed by atoms with Crippen LogP contribution < -0.4 is 0 Å². The minimum Gasteiger partial charge on any atom is -0.384 e. The molecule has 2 rings (SSSR count). The van der Waals surface area contributed by atoms with Crippen LogP contribution in [0.2, 0.25) is 5.02 Å². The third-order valence-electron chi connectivity index (χ3n) is 3.01. The summed E-state index contributed by atoms with van der Waals surface area (Å²) >= 11 is 6.02. The summed E-state index contributed by atoms with van der Waals surface area (Å²) in [6.45, 7) is 3.76. The van der Waals surface area contributed by atoms with Crippen LogP contribution in [0.25, 0.3) is 0 Å². The van der Waals surface area contributed by atoms with Crippen LogP contribution in [0, 0.1) is 19.7 Å². The summed E-state index contributed by atoms with van der Waals surface area (Å²) in [5.74, 6) is -0.352. The van der Waals surface area contributed by atoms with E-state index in [0.717, 1.165) is 16.7 Å². The maximum atomic E-state index is 13.2. The molecule has 0 aliphatic rings. The van der Waals surface area contributed by atoms with E-state index >= 15 is 0 Å². The Hall–Kier alpha value is -1.38. The molecule has 0 amide bonds. The Morgan fingerprint density at radius 1 is 1.11 bits per heavy atom. The number of rotatable bonds is 2. The molecule has 0 bridgehead atoms. The number of aryl methyl sites for hydroxylation is 2. The predicted molar refractivity (Wildman–Crippen MR) is 71.4 cm³/mol. The summed E-state index contributed by atoms with van der Waals surface area (Å²) in [7, 11) is 0. The van der Waals surface area contributed by atoms with Gasteiger partial charge in [-0.05, 0) is 54.3 Å². The van der Waals surface area contributed by atoms with Crippen molar-refractivity contribution in [3.8, 4) is 0 Å². The molecule has 0 aliphatic heterocycles.